The Balaban J connectivity index is 1.69. The molecule has 0 unspecified atom stereocenters. The predicted octanol–water partition coefficient (Wildman–Crippen LogP) is 5.52. The van der Waals surface area contributed by atoms with Crippen LogP contribution >= 0.6 is 0 Å². The van der Waals surface area contributed by atoms with Crippen LogP contribution in [0.15, 0.2) is 86.9 Å². The van der Waals surface area contributed by atoms with Gasteiger partial charge in [0.05, 0.1) is 10.5 Å². The highest BCUT2D eigenvalue weighted by Gasteiger charge is 2.15. The van der Waals surface area contributed by atoms with E-state index in [1.165, 1.54) is 5.56 Å². The first kappa shape index (κ1) is 20.9. The molecule has 1 N–H and O–H groups in total. The summed E-state index contributed by atoms with van der Waals surface area (Å²) < 4.78 is 33.5. The third-order valence-corrected chi connectivity index (χ3v) is 6.52. The summed E-state index contributed by atoms with van der Waals surface area (Å²) in [5.41, 5.74) is 3.76. The van der Waals surface area contributed by atoms with Gasteiger partial charge < -0.3 is 4.42 Å². The van der Waals surface area contributed by atoms with Gasteiger partial charge in [-0.05, 0) is 60.9 Å². The number of fused-ring (bicyclic) bond motifs is 1. The van der Waals surface area contributed by atoms with Gasteiger partial charge in [0, 0.05) is 11.1 Å². The summed E-state index contributed by atoms with van der Waals surface area (Å²) in [5.74, 6) is 0. The van der Waals surface area contributed by atoms with E-state index in [0.717, 1.165) is 24.0 Å². The molecule has 0 fully saturated rings. The van der Waals surface area contributed by atoms with Gasteiger partial charge in [-0.3, -0.25) is 4.72 Å². The molecule has 0 aliphatic carbocycles. The van der Waals surface area contributed by atoms with E-state index in [-0.39, 0.29) is 4.90 Å². The molecule has 4 rings (SSSR count). The van der Waals surface area contributed by atoms with Gasteiger partial charge in [-0.15, -0.1) is 0 Å². The van der Waals surface area contributed by atoms with Crippen LogP contribution in [0.1, 0.15) is 24.5 Å². The minimum atomic E-state index is -3.72. The van der Waals surface area contributed by atoms with Gasteiger partial charge in [-0.25, -0.2) is 13.2 Å². The molecule has 0 amide bonds. The van der Waals surface area contributed by atoms with Crippen LogP contribution < -0.4 is 10.3 Å². The maximum absolute atomic E-state index is 12.7. The summed E-state index contributed by atoms with van der Waals surface area (Å²) in [5, 5.41) is 0.636. The summed E-state index contributed by atoms with van der Waals surface area (Å²) in [4.78, 5) is 12.7. The standard InChI is InChI=1S/C25H23NO4S/c1-3-4-18-7-9-19(10-8-18)23-16-20-15-21(11-14-24(20)30-25(23)27)26-31(28,29)22-12-5-17(2)6-13-22/h5-16,26H,3-4H2,1-2H3. The van der Waals surface area contributed by atoms with E-state index in [4.69, 9.17) is 4.42 Å². The van der Waals surface area contributed by atoms with E-state index in [0.29, 0.717) is 22.2 Å². The molecule has 0 saturated heterocycles. The van der Waals surface area contributed by atoms with Crippen LogP contribution in [0.2, 0.25) is 0 Å². The second kappa shape index (κ2) is 8.40. The lowest BCUT2D eigenvalue weighted by Crippen LogP contribution is -2.13. The van der Waals surface area contributed by atoms with Crippen LogP contribution in [0.5, 0.6) is 0 Å². The van der Waals surface area contributed by atoms with Crippen LogP contribution in [0.4, 0.5) is 5.69 Å². The predicted molar refractivity (Wildman–Crippen MR) is 124 cm³/mol. The first-order valence-electron chi connectivity index (χ1n) is 10.1. The van der Waals surface area contributed by atoms with Crippen molar-refractivity contribution in [1.82, 2.24) is 0 Å². The number of sulfonamides is 1. The van der Waals surface area contributed by atoms with Crippen molar-refractivity contribution in [1.29, 1.82) is 0 Å². The lowest BCUT2D eigenvalue weighted by atomic mass is 10.0. The Morgan fingerprint density at radius 1 is 0.903 bits per heavy atom. The monoisotopic (exact) mass is 433 g/mol. The molecular weight excluding hydrogens is 410 g/mol. The quantitative estimate of drug-likeness (QED) is 0.406. The van der Waals surface area contributed by atoms with Gasteiger partial charge in [-0.2, -0.15) is 0 Å². The Morgan fingerprint density at radius 3 is 2.29 bits per heavy atom. The number of hydrogen-bond acceptors (Lipinski definition) is 4. The van der Waals surface area contributed by atoms with Crippen LogP contribution in [0.3, 0.4) is 0 Å². The normalized spacial score (nSPS) is 11.5. The van der Waals surface area contributed by atoms with E-state index < -0.39 is 15.6 Å². The number of benzene rings is 3. The zero-order valence-electron chi connectivity index (χ0n) is 17.4. The van der Waals surface area contributed by atoms with Gasteiger partial charge in [0.15, 0.2) is 0 Å². The maximum atomic E-state index is 12.7. The summed E-state index contributed by atoms with van der Waals surface area (Å²) in [6.45, 7) is 4.02. The lowest BCUT2D eigenvalue weighted by molar-refractivity contribution is 0.563. The maximum Gasteiger partial charge on any atom is 0.344 e. The van der Waals surface area contributed by atoms with Crippen LogP contribution in [0, 0.1) is 6.92 Å². The molecule has 1 aromatic heterocycles. The van der Waals surface area contributed by atoms with Crippen LogP contribution in [-0.4, -0.2) is 8.42 Å². The molecule has 0 atom stereocenters. The number of rotatable bonds is 6. The molecule has 3 aromatic carbocycles. The van der Waals surface area contributed by atoms with Crippen molar-refractivity contribution in [3.8, 4) is 11.1 Å². The molecule has 0 radical (unpaired) electrons. The van der Waals surface area contributed by atoms with Gasteiger partial charge in [0.25, 0.3) is 10.0 Å². The Morgan fingerprint density at radius 2 is 1.61 bits per heavy atom. The summed E-state index contributed by atoms with van der Waals surface area (Å²) in [6, 6.07) is 21.1. The zero-order valence-corrected chi connectivity index (χ0v) is 18.2. The zero-order chi connectivity index (χ0) is 22.0. The second-order valence-electron chi connectivity index (χ2n) is 7.57. The molecule has 5 nitrogen and oxygen atoms in total. The van der Waals surface area contributed by atoms with Crippen molar-refractivity contribution in [2.24, 2.45) is 0 Å². The third kappa shape index (κ3) is 4.54. The minimum Gasteiger partial charge on any atom is -0.422 e. The molecule has 6 heteroatoms. The van der Waals surface area contributed by atoms with Crippen molar-refractivity contribution < 1.29 is 12.8 Å². The fourth-order valence-electron chi connectivity index (χ4n) is 3.46. The Kier molecular flexibility index (Phi) is 5.65. The van der Waals surface area contributed by atoms with Crippen molar-refractivity contribution in [3.63, 3.8) is 0 Å². The van der Waals surface area contributed by atoms with E-state index >= 15 is 0 Å². The molecule has 4 aromatic rings. The highest BCUT2D eigenvalue weighted by Crippen LogP contribution is 2.25. The molecule has 31 heavy (non-hydrogen) atoms. The molecule has 0 saturated carbocycles. The highest BCUT2D eigenvalue weighted by molar-refractivity contribution is 7.92. The van der Waals surface area contributed by atoms with Crippen molar-refractivity contribution in [2.75, 3.05) is 4.72 Å². The molecule has 158 valence electrons. The van der Waals surface area contributed by atoms with E-state index in [9.17, 15) is 13.2 Å². The molecule has 0 aliphatic rings. The van der Waals surface area contributed by atoms with Gasteiger partial charge in [-0.1, -0.05) is 55.3 Å². The summed E-state index contributed by atoms with van der Waals surface area (Å²) in [6.07, 6.45) is 2.04. The SMILES string of the molecule is CCCc1ccc(-c2cc3cc(NS(=O)(=O)c4ccc(C)cc4)ccc3oc2=O)cc1. The average Bonchev–Trinajstić information content (AvgIpc) is 2.74. The first-order chi connectivity index (χ1) is 14.9. The average molecular weight is 434 g/mol. The topological polar surface area (TPSA) is 76.4 Å². The van der Waals surface area contributed by atoms with Crippen molar-refractivity contribution in [3.05, 3.63) is 94.3 Å². The molecule has 1 heterocycles. The van der Waals surface area contributed by atoms with E-state index in [1.54, 1.807) is 48.5 Å². The van der Waals surface area contributed by atoms with Crippen molar-refractivity contribution >= 4 is 26.7 Å². The lowest BCUT2D eigenvalue weighted by Gasteiger charge is -2.10. The van der Waals surface area contributed by atoms with Gasteiger partial charge >= 0.3 is 5.63 Å². The number of hydrogen-bond donors (Lipinski definition) is 1. The van der Waals surface area contributed by atoms with E-state index in [2.05, 4.69) is 11.6 Å². The van der Waals surface area contributed by atoms with Gasteiger partial charge in [0.1, 0.15) is 5.58 Å². The fourth-order valence-corrected chi connectivity index (χ4v) is 4.51. The Hall–Kier alpha value is -3.38. The number of anilines is 1. The molecule has 0 spiro atoms. The fraction of sp³-hybridized carbons (Fsp3) is 0.160. The molecular formula is C25H23NO4S. The summed E-state index contributed by atoms with van der Waals surface area (Å²) in [7, 11) is -3.72. The van der Waals surface area contributed by atoms with Crippen LogP contribution in [-0.2, 0) is 16.4 Å². The Labute approximate surface area is 181 Å². The van der Waals surface area contributed by atoms with E-state index in [1.807, 2.05) is 31.2 Å². The van der Waals surface area contributed by atoms with Gasteiger partial charge in [0.2, 0.25) is 0 Å². The largest absolute Gasteiger partial charge is 0.422 e. The first-order valence-corrected chi connectivity index (χ1v) is 11.6. The number of nitrogens with one attached hydrogen (secondary N) is 1. The third-order valence-electron chi connectivity index (χ3n) is 5.12. The number of aryl methyl sites for hydroxylation is 2. The molecule has 0 bridgehead atoms. The highest BCUT2D eigenvalue weighted by atomic mass is 32.2. The Bertz CT molecular complexity index is 1390. The minimum absolute atomic E-state index is 0.186. The smallest absolute Gasteiger partial charge is 0.344 e. The van der Waals surface area contributed by atoms with Crippen molar-refractivity contribution in [2.45, 2.75) is 31.6 Å². The molecule has 0 aliphatic heterocycles. The van der Waals surface area contributed by atoms with Crippen LogP contribution in [0.25, 0.3) is 22.1 Å². The summed E-state index contributed by atoms with van der Waals surface area (Å²) >= 11 is 0. The second-order valence-corrected chi connectivity index (χ2v) is 9.25.